The summed E-state index contributed by atoms with van der Waals surface area (Å²) >= 11 is 0. The van der Waals surface area contributed by atoms with Gasteiger partial charge in [-0.25, -0.2) is 5.01 Å². The lowest BCUT2D eigenvalue weighted by molar-refractivity contribution is -0.132. The fourth-order valence-electron chi connectivity index (χ4n) is 4.39. The number of sulfonamides is 1. The molecule has 37 heavy (non-hydrogen) atoms. The highest BCUT2D eigenvalue weighted by Gasteiger charge is 2.32. The third-order valence-electron chi connectivity index (χ3n) is 6.17. The molecule has 0 saturated heterocycles. The summed E-state index contributed by atoms with van der Waals surface area (Å²) in [7, 11) is -2.41. The normalized spacial score (nSPS) is 16.6. The zero-order valence-corrected chi connectivity index (χ0v) is 21.7. The standard InChI is InChI=1S/C26H30N4O6S/c1-18(31)36-22-13-12-19(16-23(22)35-2)17-27-30(15-14-25(32)28-20-8-4-3-5-9-20)26-21-10-6-7-11-24(21)37(33,34)29-26/h6-7,10-13,16-17,20H,3-5,8-9,14-15H2,1-2H3,(H,28,32)/b27-17-. The first-order valence-corrected chi connectivity index (χ1v) is 13.6. The summed E-state index contributed by atoms with van der Waals surface area (Å²) in [5, 5.41) is 9.00. The average molecular weight is 527 g/mol. The van der Waals surface area contributed by atoms with Gasteiger partial charge < -0.3 is 14.8 Å². The van der Waals surface area contributed by atoms with E-state index in [1.54, 1.807) is 36.4 Å². The van der Waals surface area contributed by atoms with Crippen LogP contribution in [0.5, 0.6) is 11.5 Å². The largest absolute Gasteiger partial charge is 0.493 e. The summed E-state index contributed by atoms with van der Waals surface area (Å²) < 4.78 is 39.7. The first kappa shape index (κ1) is 26.3. The number of carbonyl (C=O) groups is 2. The molecule has 11 heteroatoms. The Morgan fingerprint density at radius 2 is 1.89 bits per heavy atom. The third kappa shape index (κ3) is 6.53. The molecule has 1 heterocycles. The number of nitrogens with one attached hydrogen (secondary N) is 1. The van der Waals surface area contributed by atoms with Crippen LogP contribution < -0.4 is 14.8 Å². The molecule has 196 valence electrons. The number of nitrogens with zero attached hydrogens (tertiary/aromatic N) is 3. The van der Waals surface area contributed by atoms with E-state index in [1.807, 2.05) is 0 Å². The fourth-order valence-corrected chi connectivity index (χ4v) is 5.59. The van der Waals surface area contributed by atoms with E-state index in [1.165, 1.54) is 37.7 Å². The van der Waals surface area contributed by atoms with Crippen molar-refractivity contribution in [1.29, 1.82) is 0 Å². The van der Waals surface area contributed by atoms with Crippen molar-refractivity contribution >= 4 is 33.9 Å². The van der Waals surface area contributed by atoms with Crippen LogP contribution in [0, 0.1) is 0 Å². The summed E-state index contributed by atoms with van der Waals surface area (Å²) in [6.07, 6.45) is 6.96. The summed E-state index contributed by atoms with van der Waals surface area (Å²) in [6.45, 7) is 1.42. The molecule has 2 aliphatic rings. The maximum Gasteiger partial charge on any atom is 0.308 e. The molecule has 1 aliphatic heterocycles. The number of hydrazone groups is 1. The van der Waals surface area contributed by atoms with Crippen LogP contribution in [0.25, 0.3) is 0 Å². The molecule has 1 N–H and O–H groups in total. The van der Waals surface area contributed by atoms with Crippen molar-refractivity contribution < 1.29 is 27.5 Å². The number of amidine groups is 1. The van der Waals surface area contributed by atoms with Gasteiger partial charge in [0.2, 0.25) is 5.91 Å². The summed E-state index contributed by atoms with van der Waals surface area (Å²) in [5.74, 6) is 0.166. The number of methoxy groups -OCH3 is 1. The van der Waals surface area contributed by atoms with Crippen LogP contribution in [-0.2, 0) is 19.6 Å². The molecule has 0 unspecified atom stereocenters. The molecule has 1 saturated carbocycles. The van der Waals surface area contributed by atoms with Gasteiger partial charge in [-0.15, -0.1) is 4.40 Å². The first-order chi connectivity index (χ1) is 17.8. The molecule has 0 radical (unpaired) electrons. The van der Waals surface area contributed by atoms with Gasteiger partial charge in [0.15, 0.2) is 17.3 Å². The third-order valence-corrected chi connectivity index (χ3v) is 7.49. The molecular weight excluding hydrogens is 496 g/mol. The van der Waals surface area contributed by atoms with E-state index in [4.69, 9.17) is 9.47 Å². The first-order valence-electron chi connectivity index (χ1n) is 12.2. The van der Waals surface area contributed by atoms with E-state index in [2.05, 4.69) is 14.8 Å². The smallest absolute Gasteiger partial charge is 0.308 e. The molecule has 4 rings (SSSR count). The molecule has 1 fully saturated rings. The van der Waals surface area contributed by atoms with Crippen molar-refractivity contribution in [2.45, 2.75) is 56.4 Å². The number of hydrogen-bond acceptors (Lipinski definition) is 8. The Morgan fingerprint density at radius 1 is 1.14 bits per heavy atom. The van der Waals surface area contributed by atoms with Gasteiger partial charge in [0.25, 0.3) is 10.0 Å². The Morgan fingerprint density at radius 3 is 2.62 bits per heavy atom. The molecule has 0 spiro atoms. The minimum Gasteiger partial charge on any atom is -0.493 e. The highest BCUT2D eigenvalue weighted by molar-refractivity contribution is 7.90. The molecule has 0 aromatic heterocycles. The second-order valence-corrected chi connectivity index (χ2v) is 10.5. The quantitative estimate of drug-likeness (QED) is 0.242. The second-order valence-electron chi connectivity index (χ2n) is 8.91. The Labute approximate surface area is 216 Å². The fraction of sp³-hybridized carbons (Fsp3) is 0.385. The predicted octanol–water partition coefficient (Wildman–Crippen LogP) is 3.24. The van der Waals surface area contributed by atoms with Crippen LogP contribution in [0.2, 0.25) is 0 Å². The predicted molar refractivity (Wildman–Crippen MR) is 138 cm³/mol. The number of esters is 1. The van der Waals surface area contributed by atoms with E-state index in [0.717, 1.165) is 25.7 Å². The van der Waals surface area contributed by atoms with Crippen molar-refractivity contribution in [2.75, 3.05) is 13.7 Å². The maximum absolute atomic E-state index is 12.7. The van der Waals surface area contributed by atoms with E-state index < -0.39 is 16.0 Å². The Kier molecular flexibility index (Phi) is 8.22. The number of rotatable bonds is 8. The minimum atomic E-state index is -3.87. The molecule has 1 aliphatic carbocycles. The topological polar surface area (TPSA) is 127 Å². The molecule has 1 amide bonds. The zero-order chi connectivity index (χ0) is 26.4. The number of carbonyl (C=O) groups excluding carboxylic acids is 2. The average Bonchev–Trinajstić information content (AvgIpc) is 3.15. The van der Waals surface area contributed by atoms with Crippen molar-refractivity contribution in [3.05, 3.63) is 53.6 Å². The second kappa shape index (κ2) is 11.5. The van der Waals surface area contributed by atoms with E-state index in [-0.39, 0.29) is 41.4 Å². The molecule has 10 nitrogen and oxygen atoms in total. The van der Waals surface area contributed by atoms with Gasteiger partial charge in [0.05, 0.1) is 19.9 Å². The lowest BCUT2D eigenvalue weighted by Gasteiger charge is -2.24. The minimum absolute atomic E-state index is 0.101. The van der Waals surface area contributed by atoms with Crippen LogP contribution in [0.4, 0.5) is 0 Å². The van der Waals surface area contributed by atoms with Crippen LogP contribution in [0.3, 0.4) is 0 Å². The van der Waals surface area contributed by atoms with Crippen LogP contribution in [0.15, 0.2) is 56.9 Å². The van der Waals surface area contributed by atoms with Gasteiger partial charge in [-0.3, -0.25) is 9.59 Å². The van der Waals surface area contributed by atoms with E-state index in [0.29, 0.717) is 16.9 Å². The Balaban J connectivity index is 1.58. The van der Waals surface area contributed by atoms with Gasteiger partial charge in [0, 0.05) is 24.9 Å². The van der Waals surface area contributed by atoms with Crippen molar-refractivity contribution in [1.82, 2.24) is 10.3 Å². The number of fused-ring (bicyclic) bond motifs is 1. The van der Waals surface area contributed by atoms with Gasteiger partial charge in [0.1, 0.15) is 4.90 Å². The van der Waals surface area contributed by atoms with Gasteiger partial charge in [-0.05, 0) is 48.7 Å². The number of amides is 1. The highest BCUT2D eigenvalue weighted by Crippen LogP contribution is 2.29. The van der Waals surface area contributed by atoms with Crippen molar-refractivity contribution in [2.24, 2.45) is 9.50 Å². The lowest BCUT2D eigenvalue weighted by atomic mass is 9.95. The maximum atomic E-state index is 12.7. The van der Waals surface area contributed by atoms with Crippen molar-refractivity contribution in [3.63, 3.8) is 0 Å². The van der Waals surface area contributed by atoms with E-state index in [9.17, 15) is 18.0 Å². The molecular formula is C26H30N4O6S. The summed E-state index contributed by atoms with van der Waals surface area (Å²) in [6, 6.07) is 11.6. The summed E-state index contributed by atoms with van der Waals surface area (Å²) in [4.78, 5) is 24.1. The number of hydrogen-bond donors (Lipinski definition) is 1. The molecule has 2 aromatic rings. The van der Waals surface area contributed by atoms with Crippen LogP contribution >= 0.6 is 0 Å². The van der Waals surface area contributed by atoms with Crippen LogP contribution in [0.1, 0.15) is 56.6 Å². The molecule has 0 atom stereocenters. The van der Waals surface area contributed by atoms with Crippen molar-refractivity contribution in [3.8, 4) is 11.5 Å². The van der Waals surface area contributed by atoms with Gasteiger partial charge >= 0.3 is 5.97 Å². The number of ether oxygens (including phenoxy) is 2. The Hall–Kier alpha value is -3.73. The molecule has 0 bridgehead atoms. The monoisotopic (exact) mass is 526 g/mol. The Bertz CT molecular complexity index is 1330. The van der Waals surface area contributed by atoms with Gasteiger partial charge in [-0.2, -0.15) is 13.5 Å². The SMILES string of the molecule is COc1cc(/C=N\N(CCC(=O)NC2CCCCC2)C2=NS(=O)(=O)c3ccccc32)ccc1OC(C)=O. The lowest BCUT2D eigenvalue weighted by Crippen LogP contribution is -2.38. The summed E-state index contributed by atoms with van der Waals surface area (Å²) in [5.41, 5.74) is 1.04. The van der Waals surface area contributed by atoms with Crippen LogP contribution in [-0.4, -0.2) is 57.0 Å². The van der Waals surface area contributed by atoms with Gasteiger partial charge in [-0.1, -0.05) is 31.4 Å². The number of benzene rings is 2. The highest BCUT2D eigenvalue weighted by atomic mass is 32.2. The molecule has 2 aromatic carbocycles. The zero-order valence-electron chi connectivity index (χ0n) is 20.8. The van der Waals surface area contributed by atoms with E-state index >= 15 is 0 Å².